The Morgan fingerprint density at radius 3 is 2.28 bits per heavy atom. The summed E-state index contributed by atoms with van der Waals surface area (Å²) in [6, 6.07) is 11.1. The van der Waals surface area contributed by atoms with Crippen LogP contribution in [0.15, 0.2) is 41.3 Å². The molecule has 0 radical (unpaired) electrons. The van der Waals surface area contributed by atoms with Gasteiger partial charge in [0.25, 0.3) is 0 Å². The van der Waals surface area contributed by atoms with Crippen molar-refractivity contribution in [2.24, 2.45) is 0 Å². The van der Waals surface area contributed by atoms with E-state index in [9.17, 15) is 4.79 Å². The van der Waals surface area contributed by atoms with Crippen LogP contribution in [0.1, 0.15) is 16.8 Å². The Kier molecular flexibility index (Phi) is 4.70. The van der Waals surface area contributed by atoms with Gasteiger partial charge in [-0.25, -0.2) is 0 Å². The number of ether oxygens (including phenoxy) is 4. The molecule has 0 saturated carbocycles. The summed E-state index contributed by atoms with van der Waals surface area (Å²) in [5.74, 6) is 3.24. The van der Waals surface area contributed by atoms with E-state index in [1.807, 2.05) is 24.3 Å². The van der Waals surface area contributed by atoms with E-state index in [0.717, 1.165) is 22.8 Å². The van der Waals surface area contributed by atoms with Gasteiger partial charge < -0.3 is 18.9 Å². The summed E-state index contributed by atoms with van der Waals surface area (Å²) in [6.07, 6.45) is 0.845. The molecule has 0 amide bonds. The van der Waals surface area contributed by atoms with Crippen LogP contribution in [0, 0.1) is 0 Å². The van der Waals surface area contributed by atoms with Gasteiger partial charge in [0, 0.05) is 16.9 Å². The smallest absolute Gasteiger partial charge is 0.173 e. The number of ketones is 1. The Hall–Kier alpha value is -2.34. The second-order valence-corrected chi connectivity index (χ2v) is 6.78. The number of rotatable bonds is 4. The SMILES string of the molecule is O=C(CSc1ccc2c(c1)OCCO2)c1ccc2c(c1)OCCCO2. The molecule has 4 rings (SSSR count). The lowest BCUT2D eigenvalue weighted by Crippen LogP contribution is -2.15. The van der Waals surface area contributed by atoms with Crippen LogP contribution in [0.2, 0.25) is 0 Å². The average molecular weight is 358 g/mol. The van der Waals surface area contributed by atoms with Crippen molar-refractivity contribution in [3.8, 4) is 23.0 Å². The van der Waals surface area contributed by atoms with E-state index in [-0.39, 0.29) is 5.78 Å². The van der Waals surface area contributed by atoms with Crippen LogP contribution in [0.5, 0.6) is 23.0 Å². The van der Waals surface area contributed by atoms with Crippen LogP contribution in [0.4, 0.5) is 0 Å². The number of benzene rings is 2. The first-order chi connectivity index (χ1) is 12.3. The lowest BCUT2D eigenvalue weighted by Gasteiger charge is -2.18. The molecule has 2 aliphatic heterocycles. The van der Waals surface area contributed by atoms with Gasteiger partial charge >= 0.3 is 0 Å². The molecule has 0 aliphatic carbocycles. The fourth-order valence-corrected chi connectivity index (χ4v) is 3.50. The molecule has 5 nitrogen and oxygen atoms in total. The summed E-state index contributed by atoms with van der Waals surface area (Å²) in [5.41, 5.74) is 0.634. The van der Waals surface area contributed by atoms with Gasteiger partial charge in [-0.2, -0.15) is 0 Å². The Bertz CT molecular complexity index is 789. The summed E-state index contributed by atoms with van der Waals surface area (Å²) >= 11 is 1.48. The number of Topliss-reactive ketones (excluding diaryl/α,β-unsaturated/α-hetero) is 1. The third kappa shape index (κ3) is 3.69. The zero-order valence-electron chi connectivity index (χ0n) is 13.7. The highest BCUT2D eigenvalue weighted by molar-refractivity contribution is 8.00. The first kappa shape index (κ1) is 16.1. The Morgan fingerprint density at radius 1 is 0.800 bits per heavy atom. The highest BCUT2D eigenvalue weighted by Gasteiger charge is 2.16. The molecule has 130 valence electrons. The minimum absolute atomic E-state index is 0.0514. The van der Waals surface area contributed by atoms with Crippen molar-refractivity contribution in [2.45, 2.75) is 11.3 Å². The minimum atomic E-state index is 0.0514. The molecule has 0 unspecified atom stereocenters. The molecule has 2 aromatic rings. The summed E-state index contributed by atoms with van der Waals surface area (Å²) < 4.78 is 22.3. The zero-order valence-corrected chi connectivity index (χ0v) is 14.5. The molecule has 2 aromatic carbocycles. The largest absolute Gasteiger partial charge is 0.490 e. The second kappa shape index (κ2) is 7.27. The molecule has 2 heterocycles. The van der Waals surface area contributed by atoms with Gasteiger partial charge in [0.1, 0.15) is 13.2 Å². The number of hydrogen-bond acceptors (Lipinski definition) is 6. The van der Waals surface area contributed by atoms with Crippen LogP contribution in [-0.4, -0.2) is 38.0 Å². The van der Waals surface area contributed by atoms with E-state index in [1.165, 1.54) is 11.8 Å². The normalized spacial score (nSPS) is 15.4. The maximum Gasteiger partial charge on any atom is 0.173 e. The van der Waals surface area contributed by atoms with E-state index in [1.54, 1.807) is 12.1 Å². The summed E-state index contributed by atoms with van der Waals surface area (Å²) in [5, 5.41) is 0. The molecule has 2 aliphatic rings. The van der Waals surface area contributed by atoms with E-state index in [0.29, 0.717) is 49.2 Å². The van der Waals surface area contributed by atoms with Gasteiger partial charge in [-0.05, 0) is 36.4 Å². The van der Waals surface area contributed by atoms with Crippen molar-refractivity contribution in [2.75, 3.05) is 32.2 Å². The fraction of sp³-hybridized carbons (Fsp3) is 0.316. The van der Waals surface area contributed by atoms with Crippen molar-refractivity contribution in [3.63, 3.8) is 0 Å². The number of fused-ring (bicyclic) bond motifs is 2. The summed E-state index contributed by atoms with van der Waals surface area (Å²) in [4.78, 5) is 13.5. The molecular weight excluding hydrogens is 340 g/mol. The first-order valence-electron chi connectivity index (χ1n) is 8.25. The number of hydrogen-bond donors (Lipinski definition) is 0. The van der Waals surface area contributed by atoms with Crippen LogP contribution in [-0.2, 0) is 0 Å². The first-order valence-corrected chi connectivity index (χ1v) is 9.23. The summed E-state index contributed by atoms with van der Waals surface area (Å²) in [6.45, 7) is 2.37. The molecule has 0 N–H and O–H groups in total. The Balaban J connectivity index is 1.43. The fourth-order valence-electron chi connectivity index (χ4n) is 2.68. The third-order valence-corrected chi connectivity index (χ3v) is 4.95. The van der Waals surface area contributed by atoms with Crippen molar-refractivity contribution in [3.05, 3.63) is 42.0 Å². The highest BCUT2D eigenvalue weighted by Crippen LogP contribution is 2.35. The monoisotopic (exact) mass is 358 g/mol. The number of carbonyl (C=O) groups is 1. The topological polar surface area (TPSA) is 54.0 Å². The van der Waals surface area contributed by atoms with Crippen LogP contribution in [0.3, 0.4) is 0 Å². The van der Waals surface area contributed by atoms with Crippen LogP contribution in [0.25, 0.3) is 0 Å². The lowest BCUT2D eigenvalue weighted by molar-refractivity contribution is 0.102. The number of thioether (sulfide) groups is 1. The van der Waals surface area contributed by atoms with Gasteiger partial charge in [-0.1, -0.05) is 0 Å². The van der Waals surface area contributed by atoms with Gasteiger partial charge in [-0.3, -0.25) is 4.79 Å². The van der Waals surface area contributed by atoms with Gasteiger partial charge in [0.2, 0.25) is 0 Å². The van der Waals surface area contributed by atoms with E-state index < -0.39 is 0 Å². The maximum atomic E-state index is 12.5. The van der Waals surface area contributed by atoms with Crippen LogP contribution >= 0.6 is 11.8 Å². The Morgan fingerprint density at radius 2 is 1.44 bits per heavy atom. The molecule has 0 bridgehead atoms. The molecule has 0 atom stereocenters. The van der Waals surface area contributed by atoms with Crippen molar-refractivity contribution >= 4 is 17.5 Å². The predicted octanol–water partition coefficient (Wildman–Crippen LogP) is 3.59. The molecule has 0 saturated heterocycles. The molecular formula is C19H18O5S. The predicted molar refractivity (Wildman–Crippen MR) is 94.5 cm³/mol. The zero-order chi connectivity index (χ0) is 17.1. The van der Waals surface area contributed by atoms with Crippen molar-refractivity contribution < 1.29 is 23.7 Å². The summed E-state index contributed by atoms with van der Waals surface area (Å²) in [7, 11) is 0. The third-order valence-electron chi connectivity index (χ3n) is 3.95. The lowest BCUT2D eigenvalue weighted by atomic mass is 10.1. The van der Waals surface area contributed by atoms with Crippen molar-refractivity contribution in [1.82, 2.24) is 0 Å². The minimum Gasteiger partial charge on any atom is -0.490 e. The molecule has 6 heteroatoms. The second-order valence-electron chi connectivity index (χ2n) is 5.73. The van der Waals surface area contributed by atoms with E-state index in [2.05, 4.69) is 0 Å². The maximum absolute atomic E-state index is 12.5. The van der Waals surface area contributed by atoms with E-state index in [4.69, 9.17) is 18.9 Å². The van der Waals surface area contributed by atoms with Gasteiger partial charge in [0.05, 0.1) is 19.0 Å². The van der Waals surface area contributed by atoms with Crippen molar-refractivity contribution in [1.29, 1.82) is 0 Å². The number of carbonyl (C=O) groups excluding carboxylic acids is 1. The molecule has 0 spiro atoms. The Labute approximate surface area is 150 Å². The van der Waals surface area contributed by atoms with Gasteiger partial charge in [0.15, 0.2) is 28.8 Å². The van der Waals surface area contributed by atoms with Gasteiger partial charge in [-0.15, -0.1) is 11.8 Å². The quantitative estimate of drug-likeness (QED) is 0.615. The van der Waals surface area contributed by atoms with E-state index >= 15 is 0 Å². The highest BCUT2D eigenvalue weighted by atomic mass is 32.2. The molecule has 0 fully saturated rings. The molecule has 0 aromatic heterocycles. The van der Waals surface area contributed by atoms with Crippen LogP contribution < -0.4 is 18.9 Å². The average Bonchev–Trinajstić information content (AvgIpc) is 2.90. The molecule has 25 heavy (non-hydrogen) atoms. The standard InChI is InChI=1S/C19H18O5S/c20-15(13-2-4-16-18(10-13)22-7-1-6-21-16)12-25-14-3-5-17-19(11-14)24-9-8-23-17/h2-5,10-11H,1,6-9,12H2.